The van der Waals surface area contributed by atoms with Gasteiger partial charge in [-0.25, -0.2) is 8.42 Å². The van der Waals surface area contributed by atoms with Crippen LogP contribution in [0.4, 0.5) is 5.69 Å². The Bertz CT molecular complexity index is 1450. The smallest absolute Gasteiger partial charge is 0.242 e. The predicted molar refractivity (Wildman–Crippen MR) is 144 cm³/mol. The second-order valence-corrected chi connectivity index (χ2v) is 10.2. The van der Waals surface area contributed by atoms with Gasteiger partial charge in [0.05, 0.1) is 17.0 Å². The first-order valence-electron chi connectivity index (χ1n) is 11.4. The Hall–Kier alpha value is -3.85. The molecule has 0 spiro atoms. The molecule has 1 atom stereocenters. The summed E-state index contributed by atoms with van der Waals surface area (Å²) in [5.41, 5.74) is 1.29. The quantitative estimate of drug-likeness (QED) is 0.272. The van der Waals surface area contributed by atoms with Gasteiger partial charge in [0.1, 0.15) is 23.3 Å². The molecule has 4 aromatic carbocycles. The number of hydrogen-bond donors (Lipinski definition) is 2. The van der Waals surface area contributed by atoms with Crippen LogP contribution in [-0.2, 0) is 21.2 Å². The number of hydrogen-bond acceptors (Lipinski definition) is 5. The molecule has 0 saturated heterocycles. The van der Waals surface area contributed by atoms with Gasteiger partial charge in [0.25, 0.3) is 0 Å². The van der Waals surface area contributed by atoms with Gasteiger partial charge in [-0.2, -0.15) is 4.72 Å². The van der Waals surface area contributed by atoms with E-state index in [4.69, 9.17) is 21.1 Å². The summed E-state index contributed by atoms with van der Waals surface area (Å²) in [6, 6.07) is 28.3. The maximum atomic E-state index is 13.3. The van der Waals surface area contributed by atoms with Gasteiger partial charge in [0.2, 0.25) is 15.9 Å². The van der Waals surface area contributed by atoms with Gasteiger partial charge in [-0.15, -0.1) is 0 Å². The molecule has 190 valence electrons. The Morgan fingerprint density at radius 1 is 0.865 bits per heavy atom. The number of carbonyl (C=O) groups excluding carboxylic acids is 1. The fourth-order valence-corrected chi connectivity index (χ4v) is 5.11. The maximum absolute atomic E-state index is 13.3. The number of halogens is 1. The Morgan fingerprint density at radius 3 is 2.11 bits per heavy atom. The first-order valence-corrected chi connectivity index (χ1v) is 13.2. The van der Waals surface area contributed by atoms with Crippen molar-refractivity contribution < 1.29 is 22.7 Å². The number of methoxy groups -OCH3 is 1. The molecular formula is C28H25ClN2O5S. The molecule has 0 saturated carbocycles. The summed E-state index contributed by atoms with van der Waals surface area (Å²) in [4.78, 5) is 13.2. The summed E-state index contributed by atoms with van der Waals surface area (Å²) in [7, 11) is -2.64. The Morgan fingerprint density at radius 2 is 1.49 bits per heavy atom. The van der Waals surface area contributed by atoms with Crippen LogP contribution < -0.4 is 19.5 Å². The third-order valence-electron chi connectivity index (χ3n) is 5.43. The number of rotatable bonds is 10. The van der Waals surface area contributed by atoms with Crippen LogP contribution in [0.3, 0.4) is 0 Å². The Labute approximate surface area is 221 Å². The second kappa shape index (κ2) is 11.9. The summed E-state index contributed by atoms with van der Waals surface area (Å²) in [5, 5.41) is 2.94. The summed E-state index contributed by atoms with van der Waals surface area (Å²) in [6.07, 6.45) is 0.144. The van der Waals surface area contributed by atoms with Gasteiger partial charge in [0.15, 0.2) is 0 Å². The molecule has 4 rings (SSSR count). The molecule has 2 N–H and O–H groups in total. The lowest BCUT2D eigenvalue weighted by atomic mass is 10.1. The molecular weight excluding hydrogens is 512 g/mol. The number of anilines is 1. The molecule has 0 heterocycles. The minimum absolute atomic E-state index is 0.0772. The van der Waals surface area contributed by atoms with Crippen molar-refractivity contribution in [1.82, 2.24) is 4.72 Å². The van der Waals surface area contributed by atoms with E-state index in [2.05, 4.69) is 10.0 Å². The van der Waals surface area contributed by atoms with Crippen LogP contribution in [0.1, 0.15) is 5.56 Å². The van der Waals surface area contributed by atoms with Gasteiger partial charge in [0, 0.05) is 5.69 Å². The summed E-state index contributed by atoms with van der Waals surface area (Å²) >= 11 is 6.13. The molecule has 1 unspecified atom stereocenters. The van der Waals surface area contributed by atoms with Crippen LogP contribution in [0.15, 0.2) is 108 Å². The van der Waals surface area contributed by atoms with Crippen molar-refractivity contribution in [3.8, 4) is 17.2 Å². The fourth-order valence-electron chi connectivity index (χ4n) is 3.57. The van der Waals surface area contributed by atoms with Gasteiger partial charge in [-0.05, 0) is 66.6 Å². The monoisotopic (exact) mass is 536 g/mol. The number of amides is 1. The molecule has 7 nitrogen and oxygen atoms in total. The minimum Gasteiger partial charge on any atom is -0.495 e. The van der Waals surface area contributed by atoms with Crippen LogP contribution >= 0.6 is 11.6 Å². The van der Waals surface area contributed by atoms with Gasteiger partial charge < -0.3 is 14.8 Å². The molecule has 37 heavy (non-hydrogen) atoms. The number of carbonyl (C=O) groups is 1. The zero-order valence-electron chi connectivity index (χ0n) is 19.9. The number of para-hydroxylation sites is 1. The minimum atomic E-state index is -4.08. The first kappa shape index (κ1) is 26.2. The first-order chi connectivity index (χ1) is 17.8. The second-order valence-electron chi connectivity index (χ2n) is 8.09. The number of sulfonamides is 1. The van der Waals surface area contributed by atoms with Crippen LogP contribution in [0.5, 0.6) is 17.2 Å². The summed E-state index contributed by atoms with van der Waals surface area (Å²) in [5.74, 6) is 1.13. The van der Waals surface area contributed by atoms with Crippen LogP contribution in [0.2, 0.25) is 5.02 Å². The standard InChI is InChI=1S/C28H25ClN2O5S/c1-35-27-17-16-24(19-25(27)29)37(33,34)31-26(18-20-8-4-2-5-9-20)28(32)30-21-12-14-23(15-13-21)36-22-10-6-3-7-11-22/h2-17,19,26,31H,18H2,1H3,(H,30,32). The highest BCUT2D eigenvalue weighted by Gasteiger charge is 2.27. The molecule has 0 aliphatic heterocycles. The van der Waals surface area contributed by atoms with Crippen molar-refractivity contribution in [3.63, 3.8) is 0 Å². The van der Waals surface area contributed by atoms with E-state index in [-0.39, 0.29) is 16.3 Å². The van der Waals surface area contributed by atoms with E-state index in [1.54, 1.807) is 24.3 Å². The molecule has 0 aromatic heterocycles. The van der Waals surface area contributed by atoms with Gasteiger partial charge in [-0.3, -0.25) is 4.79 Å². The SMILES string of the molecule is COc1ccc(S(=O)(=O)NC(Cc2ccccc2)C(=O)Nc2ccc(Oc3ccccc3)cc2)cc1Cl. The van der Waals surface area contributed by atoms with E-state index in [0.717, 1.165) is 5.56 Å². The van der Waals surface area contributed by atoms with Crippen LogP contribution in [-0.4, -0.2) is 27.5 Å². The molecule has 1 amide bonds. The predicted octanol–water partition coefficient (Wildman–Crippen LogP) is 5.67. The van der Waals surface area contributed by atoms with Gasteiger partial charge >= 0.3 is 0 Å². The van der Waals surface area contributed by atoms with Crippen molar-refractivity contribution in [2.45, 2.75) is 17.4 Å². The third kappa shape index (κ3) is 7.10. The number of nitrogens with one attached hydrogen (secondary N) is 2. The van der Waals surface area contributed by atoms with E-state index in [1.807, 2.05) is 60.7 Å². The average Bonchev–Trinajstić information content (AvgIpc) is 2.90. The van der Waals surface area contributed by atoms with E-state index in [0.29, 0.717) is 22.9 Å². The molecule has 0 radical (unpaired) electrons. The highest BCUT2D eigenvalue weighted by Crippen LogP contribution is 2.27. The highest BCUT2D eigenvalue weighted by atomic mass is 35.5. The summed E-state index contributed by atoms with van der Waals surface area (Å²) < 4.78 is 39.7. The number of benzene rings is 4. The van der Waals surface area contributed by atoms with E-state index in [1.165, 1.54) is 25.3 Å². The third-order valence-corrected chi connectivity index (χ3v) is 7.20. The molecule has 0 fully saturated rings. The molecule has 4 aromatic rings. The number of ether oxygens (including phenoxy) is 2. The summed E-state index contributed by atoms with van der Waals surface area (Å²) in [6.45, 7) is 0. The van der Waals surface area contributed by atoms with Crippen molar-refractivity contribution in [2.24, 2.45) is 0 Å². The Kier molecular flexibility index (Phi) is 8.45. The maximum Gasteiger partial charge on any atom is 0.242 e. The van der Waals surface area contributed by atoms with Crippen LogP contribution in [0.25, 0.3) is 0 Å². The van der Waals surface area contributed by atoms with Crippen molar-refractivity contribution >= 4 is 33.2 Å². The lowest BCUT2D eigenvalue weighted by molar-refractivity contribution is -0.117. The molecule has 0 bridgehead atoms. The van der Waals surface area contributed by atoms with Crippen molar-refractivity contribution in [2.75, 3.05) is 12.4 Å². The lowest BCUT2D eigenvalue weighted by Crippen LogP contribution is -2.45. The van der Waals surface area contributed by atoms with Gasteiger partial charge in [-0.1, -0.05) is 60.1 Å². The zero-order valence-corrected chi connectivity index (χ0v) is 21.5. The van der Waals surface area contributed by atoms with Crippen molar-refractivity contribution in [1.29, 1.82) is 0 Å². The zero-order chi connectivity index (χ0) is 26.3. The van der Waals surface area contributed by atoms with E-state index in [9.17, 15) is 13.2 Å². The lowest BCUT2D eigenvalue weighted by Gasteiger charge is -2.19. The molecule has 9 heteroatoms. The van der Waals surface area contributed by atoms with Crippen molar-refractivity contribution in [3.05, 3.63) is 114 Å². The molecule has 0 aliphatic carbocycles. The Balaban J connectivity index is 1.52. The molecule has 0 aliphatic rings. The average molecular weight is 537 g/mol. The van der Waals surface area contributed by atoms with Crippen LogP contribution in [0, 0.1) is 0 Å². The topological polar surface area (TPSA) is 93.7 Å². The normalized spacial score (nSPS) is 11.9. The van der Waals surface area contributed by atoms with E-state index >= 15 is 0 Å². The highest BCUT2D eigenvalue weighted by molar-refractivity contribution is 7.89. The van der Waals surface area contributed by atoms with E-state index < -0.39 is 22.0 Å². The largest absolute Gasteiger partial charge is 0.495 e. The fraction of sp³-hybridized carbons (Fsp3) is 0.107.